The number of fused-ring (bicyclic) bond motifs is 1. The van der Waals surface area contributed by atoms with Gasteiger partial charge in [0.1, 0.15) is 6.04 Å². The van der Waals surface area contributed by atoms with Crippen LogP contribution in [0.1, 0.15) is 44.3 Å². The smallest absolute Gasteiger partial charge is 0.326 e. The summed E-state index contributed by atoms with van der Waals surface area (Å²) in [7, 11) is 0. The number of benzene rings is 3. The average Bonchev–Trinajstić information content (AvgIpc) is 3.08. The number of amides is 3. The van der Waals surface area contributed by atoms with Gasteiger partial charge in [0.25, 0.3) is 11.8 Å². The molecule has 7 nitrogen and oxygen atoms in total. The number of carbonyl (C=O) groups excluding carboxylic acids is 3. The van der Waals surface area contributed by atoms with Gasteiger partial charge in [-0.2, -0.15) is 0 Å². The van der Waals surface area contributed by atoms with Crippen molar-refractivity contribution >= 4 is 23.7 Å². The topological polar surface area (TPSA) is 104 Å². The number of imide groups is 1. The van der Waals surface area contributed by atoms with E-state index in [-0.39, 0.29) is 24.0 Å². The third-order valence-corrected chi connectivity index (χ3v) is 5.62. The molecule has 1 heterocycles. The van der Waals surface area contributed by atoms with E-state index >= 15 is 0 Å². The van der Waals surface area contributed by atoms with Crippen LogP contribution in [0.5, 0.6) is 0 Å². The molecule has 3 aromatic carbocycles. The maximum atomic E-state index is 13.1. The summed E-state index contributed by atoms with van der Waals surface area (Å²) in [6.45, 7) is 0. The zero-order chi connectivity index (χ0) is 23.4. The number of aliphatic carboxylic acids is 1. The number of carboxylic acids is 1. The number of rotatable bonds is 8. The molecule has 0 aromatic heterocycles. The van der Waals surface area contributed by atoms with Gasteiger partial charge in [-0.3, -0.25) is 19.3 Å². The van der Waals surface area contributed by atoms with Crippen LogP contribution in [0.2, 0.25) is 0 Å². The minimum absolute atomic E-state index is 0.116. The lowest BCUT2D eigenvalue weighted by atomic mass is 10.0. The highest BCUT2D eigenvalue weighted by Gasteiger charge is 2.41. The monoisotopic (exact) mass is 442 g/mol. The molecule has 0 aliphatic carbocycles. The van der Waals surface area contributed by atoms with Crippen molar-refractivity contribution in [3.63, 3.8) is 0 Å². The molecule has 2 atom stereocenters. The van der Waals surface area contributed by atoms with Crippen LogP contribution in [0, 0.1) is 0 Å². The molecule has 166 valence electrons. The second-order valence-electron chi connectivity index (χ2n) is 7.80. The van der Waals surface area contributed by atoms with E-state index in [0.29, 0.717) is 5.56 Å². The number of hydrogen-bond acceptors (Lipinski definition) is 4. The Morgan fingerprint density at radius 1 is 0.788 bits per heavy atom. The van der Waals surface area contributed by atoms with Crippen molar-refractivity contribution in [2.75, 3.05) is 0 Å². The van der Waals surface area contributed by atoms with Crippen LogP contribution in [0.3, 0.4) is 0 Å². The van der Waals surface area contributed by atoms with Gasteiger partial charge in [0, 0.05) is 6.42 Å². The van der Waals surface area contributed by atoms with Crippen LogP contribution in [-0.2, 0) is 16.0 Å². The number of carboxylic acid groups (broad SMARTS) is 1. The Balaban J connectivity index is 1.58. The van der Waals surface area contributed by atoms with Crippen molar-refractivity contribution in [1.29, 1.82) is 0 Å². The third-order valence-electron chi connectivity index (χ3n) is 5.62. The van der Waals surface area contributed by atoms with Gasteiger partial charge in [-0.15, -0.1) is 0 Å². The highest BCUT2D eigenvalue weighted by Crippen LogP contribution is 2.33. The van der Waals surface area contributed by atoms with Gasteiger partial charge in [0.15, 0.2) is 0 Å². The van der Waals surface area contributed by atoms with Gasteiger partial charge in [0.2, 0.25) is 5.91 Å². The van der Waals surface area contributed by atoms with E-state index in [0.717, 1.165) is 10.5 Å². The van der Waals surface area contributed by atoms with Crippen LogP contribution in [0.25, 0.3) is 0 Å². The normalized spacial score (nSPS) is 14.5. The predicted octanol–water partition coefficient (Wildman–Crippen LogP) is 3.23. The quantitative estimate of drug-likeness (QED) is 0.522. The zero-order valence-electron chi connectivity index (χ0n) is 17.7. The van der Waals surface area contributed by atoms with Crippen molar-refractivity contribution in [3.8, 4) is 0 Å². The first kappa shape index (κ1) is 22.0. The summed E-state index contributed by atoms with van der Waals surface area (Å²) in [4.78, 5) is 51.9. The van der Waals surface area contributed by atoms with E-state index in [1.807, 2.05) is 6.07 Å². The summed E-state index contributed by atoms with van der Waals surface area (Å²) in [5.41, 5.74) is 1.95. The average molecular weight is 442 g/mol. The molecule has 2 unspecified atom stereocenters. The van der Waals surface area contributed by atoms with Crippen molar-refractivity contribution in [2.24, 2.45) is 0 Å². The minimum Gasteiger partial charge on any atom is -0.480 e. The standard InChI is InChI=1S/C26H22N2O5/c29-23(27-21(26(32)33)15-17-9-3-1-4-10-17)16-22(18-11-5-2-6-12-18)28-24(30)19-13-7-8-14-20(19)25(28)31/h1-14,21-22H,15-16H2,(H,27,29)(H,32,33). The van der Waals surface area contributed by atoms with Crippen LogP contribution in [-0.4, -0.2) is 39.7 Å². The molecule has 0 radical (unpaired) electrons. The SMILES string of the molecule is O=C(CC(c1ccccc1)N1C(=O)c2ccccc2C1=O)NC(Cc1ccccc1)C(=O)O. The Morgan fingerprint density at radius 2 is 1.30 bits per heavy atom. The van der Waals surface area contributed by atoms with Crippen molar-refractivity contribution in [2.45, 2.75) is 24.9 Å². The predicted molar refractivity (Wildman–Crippen MR) is 120 cm³/mol. The molecule has 33 heavy (non-hydrogen) atoms. The lowest BCUT2D eigenvalue weighted by molar-refractivity contribution is -0.141. The van der Waals surface area contributed by atoms with Gasteiger partial charge in [-0.1, -0.05) is 72.8 Å². The highest BCUT2D eigenvalue weighted by atomic mass is 16.4. The number of carbonyl (C=O) groups is 4. The van der Waals surface area contributed by atoms with Gasteiger partial charge in [0.05, 0.1) is 23.6 Å². The van der Waals surface area contributed by atoms with E-state index in [2.05, 4.69) is 5.32 Å². The Morgan fingerprint density at radius 3 is 1.85 bits per heavy atom. The zero-order valence-corrected chi connectivity index (χ0v) is 17.7. The fraction of sp³-hybridized carbons (Fsp3) is 0.154. The van der Waals surface area contributed by atoms with Crippen molar-refractivity contribution in [1.82, 2.24) is 10.2 Å². The molecule has 0 fully saturated rings. The molecule has 7 heteroatoms. The van der Waals surface area contributed by atoms with Gasteiger partial charge < -0.3 is 10.4 Å². The maximum Gasteiger partial charge on any atom is 0.326 e. The van der Waals surface area contributed by atoms with Crippen LogP contribution >= 0.6 is 0 Å². The van der Waals surface area contributed by atoms with E-state index in [4.69, 9.17) is 0 Å². The molecule has 2 N–H and O–H groups in total. The molecule has 3 amide bonds. The second-order valence-corrected chi connectivity index (χ2v) is 7.80. The molecule has 1 aliphatic heterocycles. The first-order chi connectivity index (χ1) is 16.0. The fourth-order valence-corrected chi connectivity index (χ4v) is 4.00. The summed E-state index contributed by atoms with van der Waals surface area (Å²) in [6.07, 6.45) is -0.140. The van der Waals surface area contributed by atoms with Crippen LogP contribution in [0.15, 0.2) is 84.9 Å². The fourth-order valence-electron chi connectivity index (χ4n) is 4.00. The molecule has 0 saturated carbocycles. The molecule has 0 saturated heterocycles. The number of hydrogen-bond donors (Lipinski definition) is 2. The van der Waals surface area contributed by atoms with Crippen LogP contribution in [0.4, 0.5) is 0 Å². The molecule has 0 spiro atoms. The Labute approximate surface area is 190 Å². The van der Waals surface area contributed by atoms with Crippen LogP contribution < -0.4 is 5.32 Å². The van der Waals surface area contributed by atoms with Gasteiger partial charge in [-0.05, 0) is 23.3 Å². The molecule has 4 rings (SSSR count). The van der Waals surface area contributed by atoms with Gasteiger partial charge >= 0.3 is 5.97 Å². The van der Waals surface area contributed by atoms with Gasteiger partial charge in [-0.25, -0.2) is 4.79 Å². The number of nitrogens with one attached hydrogen (secondary N) is 1. The Kier molecular flexibility index (Phi) is 6.31. The molecular formula is C26H22N2O5. The Bertz CT molecular complexity index is 1160. The van der Waals surface area contributed by atoms with E-state index in [9.17, 15) is 24.3 Å². The summed E-state index contributed by atoms with van der Waals surface area (Å²) in [6, 6.07) is 22.3. The molecule has 3 aromatic rings. The van der Waals surface area contributed by atoms with E-state index < -0.39 is 35.8 Å². The summed E-state index contributed by atoms with van der Waals surface area (Å²) >= 11 is 0. The third kappa shape index (κ3) is 4.67. The molecular weight excluding hydrogens is 420 g/mol. The minimum atomic E-state index is -1.16. The first-order valence-corrected chi connectivity index (χ1v) is 10.5. The van der Waals surface area contributed by atoms with E-state index in [1.165, 1.54) is 0 Å². The first-order valence-electron chi connectivity index (χ1n) is 10.5. The lowest BCUT2D eigenvalue weighted by Gasteiger charge is -2.27. The molecule has 0 bridgehead atoms. The summed E-state index contributed by atoms with van der Waals surface area (Å²) < 4.78 is 0. The maximum absolute atomic E-state index is 13.1. The van der Waals surface area contributed by atoms with Crippen molar-refractivity contribution in [3.05, 3.63) is 107 Å². The highest BCUT2D eigenvalue weighted by molar-refractivity contribution is 6.21. The number of nitrogens with zero attached hydrogens (tertiary/aromatic N) is 1. The second kappa shape index (κ2) is 9.48. The largest absolute Gasteiger partial charge is 0.480 e. The lowest BCUT2D eigenvalue weighted by Crippen LogP contribution is -2.44. The Hall–Kier alpha value is -4.26. The summed E-state index contributed by atoms with van der Waals surface area (Å²) in [5.74, 6) is -2.68. The summed E-state index contributed by atoms with van der Waals surface area (Å²) in [5, 5.41) is 12.2. The van der Waals surface area contributed by atoms with E-state index in [1.54, 1.807) is 78.9 Å². The van der Waals surface area contributed by atoms with Crippen molar-refractivity contribution < 1.29 is 24.3 Å². The molecule has 1 aliphatic rings.